The van der Waals surface area contributed by atoms with Crippen molar-refractivity contribution in [2.45, 2.75) is 39.0 Å². The predicted molar refractivity (Wildman–Crippen MR) is 85.1 cm³/mol. The van der Waals surface area contributed by atoms with E-state index in [9.17, 15) is 0 Å². The third-order valence-corrected chi connectivity index (χ3v) is 4.89. The van der Waals surface area contributed by atoms with E-state index in [-0.39, 0.29) is 5.41 Å². The molecule has 1 aromatic carbocycles. The van der Waals surface area contributed by atoms with Gasteiger partial charge in [0.2, 0.25) is 0 Å². The second kappa shape index (κ2) is 4.35. The van der Waals surface area contributed by atoms with E-state index in [1.165, 1.54) is 26.4 Å². The van der Waals surface area contributed by atoms with E-state index in [2.05, 4.69) is 70.2 Å². The van der Waals surface area contributed by atoms with Gasteiger partial charge in [0.1, 0.15) is 0 Å². The molecule has 0 nitrogen and oxygen atoms in total. The highest BCUT2D eigenvalue weighted by atomic mass is 32.1. The third kappa shape index (κ3) is 2.17. The topological polar surface area (TPSA) is 0 Å². The lowest BCUT2D eigenvalue weighted by atomic mass is 9.82. The van der Waals surface area contributed by atoms with Crippen LogP contribution in [0.2, 0.25) is 0 Å². The van der Waals surface area contributed by atoms with Crippen molar-refractivity contribution < 1.29 is 0 Å². The number of fused-ring (bicyclic) bond motifs is 1. The molecule has 0 aliphatic heterocycles. The van der Waals surface area contributed by atoms with E-state index < -0.39 is 0 Å². The summed E-state index contributed by atoms with van der Waals surface area (Å²) < 4.78 is 0. The molecule has 19 heavy (non-hydrogen) atoms. The van der Waals surface area contributed by atoms with Crippen molar-refractivity contribution in [2.24, 2.45) is 0 Å². The lowest BCUT2D eigenvalue weighted by Crippen LogP contribution is -2.13. The molecule has 1 heterocycles. The molecule has 0 fully saturated rings. The zero-order valence-electron chi connectivity index (χ0n) is 12.0. The molecule has 1 aliphatic carbocycles. The van der Waals surface area contributed by atoms with Crippen LogP contribution in [0.3, 0.4) is 0 Å². The summed E-state index contributed by atoms with van der Waals surface area (Å²) in [6.07, 6.45) is 4.67. The van der Waals surface area contributed by atoms with Crippen LogP contribution in [0.15, 0.2) is 36.4 Å². The maximum absolute atomic E-state index is 2.35. The molecule has 1 atom stereocenters. The van der Waals surface area contributed by atoms with Gasteiger partial charge in [-0.3, -0.25) is 0 Å². The summed E-state index contributed by atoms with van der Waals surface area (Å²) in [6, 6.07) is 11.3. The minimum Gasteiger partial charge on any atom is -0.145 e. The Morgan fingerprint density at radius 3 is 2.47 bits per heavy atom. The number of hydrogen-bond donors (Lipinski definition) is 0. The van der Waals surface area contributed by atoms with Gasteiger partial charge in [-0.1, -0.05) is 51.1 Å². The molecule has 0 amide bonds. The lowest BCUT2D eigenvalue weighted by molar-refractivity contribution is 0.588. The van der Waals surface area contributed by atoms with E-state index >= 15 is 0 Å². The Morgan fingerprint density at radius 1 is 1.05 bits per heavy atom. The Morgan fingerprint density at radius 2 is 1.84 bits per heavy atom. The monoisotopic (exact) mass is 268 g/mol. The molecule has 0 spiro atoms. The summed E-state index contributed by atoms with van der Waals surface area (Å²) in [5.41, 5.74) is 4.56. The first-order valence-electron chi connectivity index (χ1n) is 6.85. The van der Waals surface area contributed by atoms with Crippen LogP contribution in [0.1, 0.15) is 53.1 Å². The predicted octanol–water partition coefficient (Wildman–Crippen LogP) is 5.51. The standard InChI is InChI=1S/C18H20S/c1-12-8-11-17(19-12)15-10-9-14-13(15)6-5-7-16(14)18(2,3)4/h5-11,15H,1-4H3. The minimum absolute atomic E-state index is 0.204. The van der Waals surface area contributed by atoms with Crippen LogP contribution < -0.4 is 0 Å². The van der Waals surface area contributed by atoms with Gasteiger partial charge in [0.25, 0.3) is 0 Å². The molecule has 1 aliphatic rings. The number of rotatable bonds is 1. The van der Waals surface area contributed by atoms with E-state index in [4.69, 9.17) is 0 Å². The van der Waals surface area contributed by atoms with Gasteiger partial charge >= 0.3 is 0 Å². The number of allylic oxidation sites excluding steroid dienone is 1. The quantitative estimate of drug-likeness (QED) is 0.639. The fourth-order valence-corrected chi connectivity index (χ4v) is 3.84. The van der Waals surface area contributed by atoms with Crippen molar-refractivity contribution >= 4 is 17.4 Å². The lowest BCUT2D eigenvalue weighted by Gasteiger charge is -2.23. The Kier molecular flexibility index (Phi) is 2.90. The molecule has 0 N–H and O–H groups in total. The number of hydrogen-bond acceptors (Lipinski definition) is 1. The first-order chi connectivity index (χ1) is 8.97. The maximum atomic E-state index is 2.35. The Bertz CT molecular complexity index is 638. The van der Waals surface area contributed by atoms with Crippen LogP contribution in [0.25, 0.3) is 6.08 Å². The van der Waals surface area contributed by atoms with Crippen molar-refractivity contribution in [3.05, 3.63) is 62.9 Å². The van der Waals surface area contributed by atoms with Gasteiger partial charge in [0.15, 0.2) is 0 Å². The summed E-state index contributed by atoms with van der Waals surface area (Å²) in [5.74, 6) is 0.455. The third-order valence-electron chi connectivity index (χ3n) is 3.81. The van der Waals surface area contributed by atoms with Crippen molar-refractivity contribution in [1.82, 2.24) is 0 Å². The Labute approximate surface area is 119 Å². The first-order valence-corrected chi connectivity index (χ1v) is 7.66. The summed E-state index contributed by atoms with van der Waals surface area (Å²) >= 11 is 1.91. The molecule has 0 radical (unpaired) electrons. The van der Waals surface area contributed by atoms with Crippen molar-refractivity contribution in [3.63, 3.8) is 0 Å². The average Bonchev–Trinajstić information content (AvgIpc) is 2.92. The first kappa shape index (κ1) is 12.7. The largest absolute Gasteiger partial charge is 0.145 e. The van der Waals surface area contributed by atoms with Crippen LogP contribution in [-0.4, -0.2) is 0 Å². The number of aryl methyl sites for hydroxylation is 1. The van der Waals surface area contributed by atoms with E-state index in [0.29, 0.717) is 5.92 Å². The molecule has 1 unspecified atom stereocenters. The molecular formula is C18H20S. The number of benzene rings is 1. The highest BCUT2D eigenvalue weighted by Crippen LogP contribution is 2.41. The fourth-order valence-electron chi connectivity index (χ4n) is 2.86. The summed E-state index contributed by atoms with van der Waals surface area (Å²) in [6.45, 7) is 9.05. The van der Waals surface area contributed by atoms with Crippen molar-refractivity contribution in [3.8, 4) is 0 Å². The van der Waals surface area contributed by atoms with Crippen LogP contribution in [0, 0.1) is 6.92 Å². The maximum Gasteiger partial charge on any atom is 0.0373 e. The molecule has 0 saturated carbocycles. The summed E-state index contributed by atoms with van der Waals surface area (Å²) in [5, 5.41) is 0. The molecule has 2 aromatic rings. The second-order valence-electron chi connectivity index (χ2n) is 6.34. The molecule has 0 bridgehead atoms. The van der Waals surface area contributed by atoms with Crippen LogP contribution in [-0.2, 0) is 5.41 Å². The van der Waals surface area contributed by atoms with Gasteiger partial charge in [-0.05, 0) is 41.2 Å². The highest BCUT2D eigenvalue weighted by Gasteiger charge is 2.26. The molecule has 3 rings (SSSR count). The average molecular weight is 268 g/mol. The molecule has 1 heteroatoms. The van der Waals surface area contributed by atoms with E-state index in [1.807, 2.05) is 11.3 Å². The minimum atomic E-state index is 0.204. The van der Waals surface area contributed by atoms with E-state index in [0.717, 1.165) is 0 Å². The number of thiophene rings is 1. The van der Waals surface area contributed by atoms with Gasteiger partial charge in [-0.25, -0.2) is 0 Å². The Balaban J connectivity index is 2.10. The summed E-state index contributed by atoms with van der Waals surface area (Å²) in [4.78, 5) is 2.85. The van der Waals surface area contributed by atoms with Gasteiger partial charge in [-0.15, -0.1) is 11.3 Å². The highest BCUT2D eigenvalue weighted by molar-refractivity contribution is 7.12. The zero-order chi connectivity index (χ0) is 13.6. The molecule has 1 aromatic heterocycles. The van der Waals surface area contributed by atoms with Gasteiger partial charge in [-0.2, -0.15) is 0 Å². The summed E-state index contributed by atoms with van der Waals surface area (Å²) in [7, 11) is 0. The van der Waals surface area contributed by atoms with Gasteiger partial charge < -0.3 is 0 Å². The zero-order valence-corrected chi connectivity index (χ0v) is 12.8. The van der Waals surface area contributed by atoms with Crippen molar-refractivity contribution in [1.29, 1.82) is 0 Å². The normalized spacial score (nSPS) is 17.8. The Hall–Kier alpha value is -1.34. The van der Waals surface area contributed by atoms with Crippen LogP contribution in [0.5, 0.6) is 0 Å². The van der Waals surface area contributed by atoms with Gasteiger partial charge in [0, 0.05) is 15.7 Å². The molecular weight excluding hydrogens is 248 g/mol. The van der Waals surface area contributed by atoms with Crippen LogP contribution >= 0.6 is 11.3 Å². The van der Waals surface area contributed by atoms with Gasteiger partial charge in [0.05, 0.1) is 0 Å². The smallest absolute Gasteiger partial charge is 0.0373 e. The molecule has 98 valence electrons. The van der Waals surface area contributed by atoms with E-state index in [1.54, 1.807) is 0 Å². The van der Waals surface area contributed by atoms with Crippen molar-refractivity contribution in [2.75, 3.05) is 0 Å². The SMILES string of the molecule is Cc1ccc(C2C=Cc3c2cccc3C(C)(C)C)s1. The fraction of sp³-hybridized carbons (Fsp3) is 0.333. The molecule has 0 saturated heterocycles. The van der Waals surface area contributed by atoms with Crippen LogP contribution in [0.4, 0.5) is 0 Å². The second-order valence-corrected chi connectivity index (χ2v) is 7.66.